The molecule has 4 rings (SSSR count). The number of aryl methyl sites for hydroxylation is 2. The second kappa shape index (κ2) is 9.81. The Morgan fingerprint density at radius 3 is 2.51 bits per heavy atom. The Balaban J connectivity index is 1.38. The van der Waals surface area contributed by atoms with E-state index in [0.29, 0.717) is 43.1 Å². The number of amides is 2. The average molecular weight is 486 g/mol. The van der Waals surface area contributed by atoms with Crippen LogP contribution in [0.5, 0.6) is 5.75 Å². The Bertz CT molecular complexity index is 1230. The Morgan fingerprint density at radius 1 is 1.11 bits per heavy atom. The Labute approximate surface area is 200 Å². The molecule has 0 unspecified atom stereocenters. The summed E-state index contributed by atoms with van der Waals surface area (Å²) in [6.07, 6.45) is -0.0923. The molecular weight excluding hydrogens is 461 g/mol. The summed E-state index contributed by atoms with van der Waals surface area (Å²) in [5.74, 6) is -0.187. The molecule has 1 N–H and O–H groups in total. The highest BCUT2D eigenvalue weighted by atomic mass is 19.4. The third-order valence-corrected chi connectivity index (χ3v) is 5.84. The van der Waals surface area contributed by atoms with Crippen molar-refractivity contribution in [1.29, 1.82) is 0 Å². The number of halogens is 3. The molecule has 2 amide bonds. The average Bonchev–Trinajstić information content (AvgIpc) is 3.27. The number of ether oxygens (including phenoxy) is 1. The summed E-state index contributed by atoms with van der Waals surface area (Å²) >= 11 is 0. The number of aromatic nitrogens is 2. The monoisotopic (exact) mass is 486 g/mol. The van der Waals surface area contributed by atoms with Crippen molar-refractivity contribution in [3.05, 3.63) is 77.4 Å². The van der Waals surface area contributed by atoms with Gasteiger partial charge >= 0.3 is 6.18 Å². The molecule has 184 valence electrons. The molecule has 0 spiro atoms. The number of nitrogens with zero attached hydrogens (tertiary/aromatic N) is 3. The Hall–Kier alpha value is -3.82. The van der Waals surface area contributed by atoms with Gasteiger partial charge in [0.15, 0.2) is 0 Å². The molecule has 2 aromatic carbocycles. The lowest BCUT2D eigenvalue weighted by Crippen LogP contribution is -2.42. The van der Waals surface area contributed by atoms with Gasteiger partial charge in [0.25, 0.3) is 11.8 Å². The molecule has 10 heteroatoms. The van der Waals surface area contributed by atoms with Crippen molar-refractivity contribution < 1.29 is 27.5 Å². The number of anilines is 1. The molecule has 7 nitrogen and oxygen atoms in total. The highest BCUT2D eigenvalue weighted by molar-refractivity contribution is 6.04. The molecule has 0 atom stereocenters. The second-order valence-electron chi connectivity index (χ2n) is 8.55. The molecule has 1 saturated heterocycles. The van der Waals surface area contributed by atoms with E-state index in [-0.39, 0.29) is 17.6 Å². The minimum absolute atomic E-state index is 0.0900. The molecule has 1 fully saturated rings. The summed E-state index contributed by atoms with van der Waals surface area (Å²) in [7, 11) is 1.81. The zero-order valence-corrected chi connectivity index (χ0v) is 19.3. The van der Waals surface area contributed by atoms with Crippen LogP contribution >= 0.6 is 0 Å². The van der Waals surface area contributed by atoms with Crippen molar-refractivity contribution in [2.45, 2.75) is 32.0 Å². The van der Waals surface area contributed by atoms with Crippen LogP contribution in [0.25, 0.3) is 0 Å². The smallest absolute Gasteiger partial charge is 0.416 e. The first-order chi connectivity index (χ1) is 16.6. The number of carbonyl (C=O) groups is 2. The van der Waals surface area contributed by atoms with Crippen LogP contribution in [0.4, 0.5) is 18.9 Å². The summed E-state index contributed by atoms with van der Waals surface area (Å²) in [6, 6.07) is 9.37. The van der Waals surface area contributed by atoms with Crippen LogP contribution < -0.4 is 10.1 Å². The van der Waals surface area contributed by atoms with Crippen molar-refractivity contribution >= 4 is 17.5 Å². The van der Waals surface area contributed by atoms with Crippen LogP contribution in [0.1, 0.15) is 44.8 Å². The molecule has 0 radical (unpaired) electrons. The van der Waals surface area contributed by atoms with Gasteiger partial charge in [0.05, 0.1) is 11.9 Å². The van der Waals surface area contributed by atoms with Gasteiger partial charge in [0.2, 0.25) is 0 Å². The summed E-state index contributed by atoms with van der Waals surface area (Å²) in [5, 5.41) is 2.64. The van der Waals surface area contributed by atoms with Crippen molar-refractivity contribution in [2.24, 2.45) is 7.05 Å². The van der Waals surface area contributed by atoms with E-state index >= 15 is 0 Å². The zero-order valence-electron chi connectivity index (χ0n) is 19.3. The van der Waals surface area contributed by atoms with Crippen molar-refractivity contribution in [3.63, 3.8) is 0 Å². The van der Waals surface area contributed by atoms with Crippen LogP contribution in [0.2, 0.25) is 0 Å². The van der Waals surface area contributed by atoms with Gasteiger partial charge in [-0.15, -0.1) is 0 Å². The van der Waals surface area contributed by atoms with Crippen LogP contribution in [0.3, 0.4) is 0 Å². The van der Waals surface area contributed by atoms with Gasteiger partial charge in [-0.3, -0.25) is 9.59 Å². The summed E-state index contributed by atoms with van der Waals surface area (Å²) in [5.41, 5.74) is 0.704. The van der Waals surface area contributed by atoms with Crippen molar-refractivity contribution in [3.8, 4) is 5.75 Å². The summed E-state index contributed by atoms with van der Waals surface area (Å²) in [6.45, 7) is 2.93. The molecule has 1 aromatic heterocycles. The van der Waals surface area contributed by atoms with Crippen LogP contribution in [-0.2, 0) is 13.2 Å². The fourth-order valence-electron chi connectivity index (χ4n) is 3.89. The van der Waals surface area contributed by atoms with Crippen LogP contribution in [0, 0.1) is 6.92 Å². The third-order valence-electron chi connectivity index (χ3n) is 5.84. The van der Waals surface area contributed by atoms with Crippen molar-refractivity contribution in [1.82, 2.24) is 14.5 Å². The topological polar surface area (TPSA) is 76.5 Å². The maximum absolute atomic E-state index is 13.0. The molecule has 0 saturated carbocycles. The van der Waals surface area contributed by atoms with E-state index in [0.717, 1.165) is 17.7 Å². The van der Waals surface area contributed by atoms with E-state index in [9.17, 15) is 22.8 Å². The maximum Gasteiger partial charge on any atom is 0.416 e. The first-order valence-corrected chi connectivity index (χ1v) is 11.1. The number of likely N-dealkylation sites (tertiary alicyclic amines) is 1. The predicted octanol–water partition coefficient (Wildman–Crippen LogP) is 4.68. The fourth-order valence-corrected chi connectivity index (χ4v) is 3.89. The first-order valence-electron chi connectivity index (χ1n) is 11.1. The molecule has 1 aliphatic rings. The van der Waals surface area contributed by atoms with Crippen LogP contribution in [-0.4, -0.2) is 45.5 Å². The number of rotatable bonds is 5. The quantitative estimate of drug-likeness (QED) is 0.568. The van der Waals surface area contributed by atoms with Gasteiger partial charge in [-0.2, -0.15) is 13.2 Å². The fraction of sp³-hybridized carbons (Fsp3) is 0.320. The summed E-state index contributed by atoms with van der Waals surface area (Å²) in [4.78, 5) is 31.0. The van der Waals surface area contributed by atoms with E-state index < -0.39 is 17.6 Å². The lowest BCUT2D eigenvalue weighted by atomic mass is 10.1. The summed E-state index contributed by atoms with van der Waals surface area (Å²) < 4.78 is 46.8. The second-order valence-corrected chi connectivity index (χ2v) is 8.55. The molecule has 0 bridgehead atoms. The minimum atomic E-state index is -4.53. The van der Waals surface area contributed by atoms with E-state index in [1.807, 2.05) is 14.0 Å². The largest absolute Gasteiger partial charge is 0.490 e. The number of carbonyl (C=O) groups excluding carboxylic acids is 2. The van der Waals surface area contributed by atoms with Crippen molar-refractivity contribution in [2.75, 3.05) is 18.4 Å². The molecule has 35 heavy (non-hydrogen) atoms. The van der Waals surface area contributed by atoms with Gasteiger partial charge in [0.1, 0.15) is 17.5 Å². The van der Waals surface area contributed by atoms with E-state index in [1.165, 1.54) is 12.1 Å². The first kappa shape index (κ1) is 24.3. The van der Waals surface area contributed by atoms with Gasteiger partial charge in [-0.05, 0) is 36.8 Å². The third kappa shape index (κ3) is 5.82. The van der Waals surface area contributed by atoms with Gasteiger partial charge < -0.3 is 19.5 Å². The molecule has 1 aliphatic heterocycles. The van der Waals surface area contributed by atoms with Gasteiger partial charge in [0, 0.05) is 56.5 Å². The number of hydrogen-bond acceptors (Lipinski definition) is 4. The number of benzene rings is 2. The zero-order chi connectivity index (χ0) is 25.2. The van der Waals surface area contributed by atoms with Gasteiger partial charge in [-0.25, -0.2) is 4.98 Å². The number of imidazole rings is 1. The Morgan fingerprint density at radius 2 is 1.86 bits per heavy atom. The minimum Gasteiger partial charge on any atom is -0.490 e. The molecule has 2 heterocycles. The molecule has 0 aliphatic carbocycles. The number of nitrogens with one attached hydrogen (secondary N) is 1. The standard InChI is InChI=1S/C25H25F3N4O3/c1-16-6-7-19(30-23(33)17-4-3-5-18(12-17)25(26,27)28)13-22(16)35-20-8-10-32(11-9-20)24(34)21-14-31(2)15-29-21/h3-7,12-15,20H,8-11H2,1-2H3,(H,30,33). The SMILES string of the molecule is Cc1ccc(NC(=O)c2cccc(C(F)(F)F)c2)cc1OC1CCN(C(=O)c2cn(C)cn2)CC1. The highest BCUT2D eigenvalue weighted by Crippen LogP contribution is 2.30. The number of hydrogen-bond donors (Lipinski definition) is 1. The predicted molar refractivity (Wildman–Crippen MR) is 123 cm³/mol. The van der Waals surface area contributed by atoms with Gasteiger partial charge in [-0.1, -0.05) is 12.1 Å². The molecular formula is C25H25F3N4O3. The lowest BCUT2D eigenvalue weighted by molar-refractivity contribution is -0.137. The van der Waals surface area contributed by atoms with E-state index in [1.54, 1.807) is 40.2 Å². The number of piperidine rings is 1. The highest BCUT2D eigenvalue weighted by Gasteiger charge is 2.31. The Kier molecular flexibility index (Phi) is 6.81. The van der Waals surface area contributed by atoms with Crippen LogP contribution in [0.15, 0.2) is 55.0 Å². The van der Waals surface area contributed by atoms with E-state index in [2.05, 4.69) is 10.3 Å². The van der Waals surface area contributed by atoms with E-state index in [4.69, 9.17) is 4.74 Å². The normalized spacial score (nSPS) is 14.6. The molecule has 3 aromatic rings. The number of alkyl halides is 3. The maximum atomic E-state index is 13.0. The lowest BCUT2D eigenvalue weighted by Gasteiger charge is -2.32.